The molecule has 1 saturated heterocycles. The number of hydrogen-bond donors (Lipinski definition) is 1. The molecular weight excluding hydrogens is 228 g/mol. The molecule has 3 heterocycles. The standard InChI is InChI=1S/C12H18N6/c1-16-5-7-17(8-6-16)9-12-15-14-11-4-2-3-10(13)18(11)12/h2-4H,5-9,13H2,1H3. The van der Waals surface area contributed by atoms with E-state index in [2.05, 4.69) is 27.0 Å². The maximum atomic E-state index is 5.98. The van der Waals surface area contributed by atoms with Gasteiger partial charge in [-0.3, -0.25) is 9.30 Å². The fourth-order valence-electron chi connectivity index (χ4n) is 2.34. The molecule has 3 rings (SSSR count). The van der Waals surface area contributed by atoms with Crippen molar-refractivity contribution < 1.29 is 0 Å². The van der Waals surface area contributed by atoms with Gasteiger partial charge in [0.15, 0.2) is 11.5 Å². The lowest BCUT2D eigenvalue weighted by Crippen LogP contribution is -2.44. The number of aromatic nitrogens is 3. The van der Waals surface area contributed by atoms with Crippen LogP contribution in [0.3, 0.4) is 0 Å². The molecule has 0 spiro atoms. The fourth-order valence-corrected chi connectivity index (χ4v) is 2.34. The lowest BCUT2D eigenvalue weighted by atomic mass is 10.3. The Kier molecular flexibility index (Phi) is 2.89. The maximum absolute atomic E-state index is 5.98. The van der Waals surface area contributed by atoms with Gasteiger partial charge in [0.2, 0.25) is 0 Å². The summed E-state index contributed by atoms with van der Waals surface area (Å²) >= 11 is 0. The molecule has 1 fully saturated rings. The summed E-state index contributed by atoms with van der Waals surface area (Å²) in [4.78, 5) is 4.73. The van der Waals surface area contributed by atoms with Gasteiger partial charge in [-0.2, -0.15) is 0 Å². The van der Waals surface area contributed by atoms with Crippen molar-refractivity contribution in [3.05, 3.63) is 24.0 Å². The number of nitrogens with zero attached hydrogens (tertiary/aromatic N) is 5. The molecule has 2 aromatic rings. The molecule has 6 nitrogen and oxygen atoms in total. The van der Waals surface area contributed by atoms with Gasteiger partial charge in [-0.05, 0) is 19.2 Å². The Hall–Kier alpha value is -1.66. The summed E-state index contributed by atoms with van der Waals surface area (Å²) in [6.07, 6.45) is 0. The number of nitrogen functional groups attached to an aromatic ring is 1. The average Bonchev–Trinajstić information content (AvgIpc) is 2.77. The van der Waals surface area contributed by atoms with Crippen molar-refractivity contribution in [2.75, 3.05) is 39.0 Å². The zero-order valence-electron chi connectivity index (χ0n) is 10.6. The largest absolute Gasteiger partial charge is 0.385 e. The first-order valence-corrected chi connectivity index (χ1v) is 6.23. The molecule has 0 amide bonds. The highest BCUT2D eigenvalue weighted by atomic mass is 15.3. The zero-order valence-corrected chi connectivity index (χ0v) is 10.6. The first-order valence-electron chi connectivity index (χ1n) is 6.23. The minimum absolute atomic E-state index is 0.696. The van der Waals surface area contributed by atoms with Crippen molar-refractivity contribution in [2.24, 2.45) is 0 Å². The highest BCUT2D eigenvalue weighted by molar-refractivity contribution is 5.47. The summed E-state index contributed by atoms with van der Waals surface area (Å²) in [5.74, 6) is 1.62. The van der Waals surface area contributed by atoms with Gasteiger partial charge >= 0.3 is 0 Å². The van der Waals surface area contributed by atoms with Crippen molar-refractivity contribution in [2.45, 2.75) is 6.54 Å². The molecule has 1 aliphatic rings. The normalized spacial score (nSPS) is 18.5. The van der Waals surface area contributed by atoms with E-state index in [-0.39, 0.29) is 0 Å². The molecule has 0 radical (unpaired) electrons. The van der Waals surface area contributed by atoms with E-state index in [1.807, 2.05) is 22.6 Å². The van der Waals surface area contributed by atoms with Gasteiger partial charge in [-0.15, -0.1) is 10.2 Å². The second kappa shape index (κ2) is 4.55. The van der Waals surface area contributed by atoms with E-state index < -0.39 is 0 Å². The van der Waals surface area contributed by atoms with Crippen LogP contribution in [0.4, 0.5) is 5.82 Å². The Morgan fingerprint density at radius 1 is 1.17 bits per heavy atom. The number of nitrogens with two attached hydrogens (primary N) is 1. The lowest BCUT2D eigenvalue weighted by Gasteiger charge is -2.31. The highest BCUT2D eigenvalue weighted by Crippen LogP contribution is 2.12. The van der Waals surface area contributed by atoms with Crippen LogP contribution in [0.25, 0.3) is 5.65 Å². The molecule has 0 bridgehead atoms. The summed E-state index contributed by atoms with van der Waals surface area (Å²) in [5, 5.41) is 8.40. The summed E-state index contributed by atoms with van der Waals surface area (Å²) in [6.45, 7) is 5.15. The van der Waals surface area contributed by atoms with Gasteiger partial charge in [-0.1, -0.05) is 6.07 Å². The molecule has 2 N–H and O–H groups in total. The third-order valence-electron chi connectivity index (χ3n) is 3.49. The molecule has 0 aromatic carbocycles. The van der Waals surface area contributed by atoms with E-state index >= 15 is 0 Å². The monoisotopic (exact) mass is 246 g/mol. The number of piperazine rings is 1. The molecule has 2 aromatic heterocycles. The van der Waals surface area contributed by atoms with E-state index in [0.29, 0.717) is 5.82 Å². The molecule has 1 aliphatic heterocycles. The van der Waals surface area contributed by atoms with Crippen LogP contribution < -0.4 is 5.73 Å². The van der Waals surface area contributed by atoms with Gasteiger partial charge in [0, 0.05) is 26.2 Å². The van der Waals surface area contributed by atoms with Crippen LogP contribution in [-0.2, 0) is 6.54 Å². The van der Waals surface area contributed by atoms with Crippen LogP contribution in [-0.4, -0.2) is 57.6 Å². The summed E-state index contributed by atoms with van der Waals surface area (Å²) in [7, 11) is 2.15. The first kappa shape index (κ1) is 11.4. The van der Waals surface area contributed by atoms with Crippen molar-refractivity contribution in [3.8, 4) is 0 Å². The smallest absolute Gasteiger partial charge is 0.162 e. The number of hydrogen-bond acceptors (Lipinski definition) is 5. The Bertz CT molecular complexity index is 540. The quantitative estimate of drug-likeness (QED) is 0.812. The zero-order chi connectivity index (χ0) is 12.5. The summed E-state index contributed by atoms with van der Waals surface area (Å²) in [5.41, 5.74) is 6.80. The van der Waals surface area contributed by atoms with Crippen molar-refractivity contribution in [1.82, 2.24) is 24.4 Å². The average molecular weight is 246 g/mol. The first-order chi connectivity index (χ1) is 8.74. The molecular formula is C12H18N6. The van der Waals surface area contributed by atoms with E-state index in [1.54, 1.807) is 0 Å². The van der Waals surface area contributed by atoms with Crippen LogP contribution in [0, 0.1) is 0 Å². The van der Waals surface area contributed by atoms with E-state index in [9.17, 15) is 0 Å². The molecule has 18 heavy (non-hydrogen) atoms. The third-order valence-corrected chi connectivity index (χ3v) is 3.49. The summed E-state index contributed by atoms with van der Waals surface area (Å²) in [6, 6.07) is 5.71. The Balaban J connectivity index is 1.82. The van der Waals surface area contributed by atoms with E-state index in [0.717, 1.165) is 44.2 Å². The van der Waals surface area contributed by atoms with Crippen LogP contribution in [0.1, 0.15) is 5.82 Å². The fraction of sp³-hybridized carbons (Fsp3) is 0.500. The van der Waals surface area contributed by atoms with Crippen LogP contribution >= 0.6 is 0 Å². The van der Waals surface area contributed by atoms with Crippen LogP contribution in [0.2, 0.25) is 0 Å². The van der Waals surface area contributed by atoms with E-state index in [4.69, 9.17) is 5.73 Å². The second-order valence-electron chi connectivity index (χ2n) is 4.84. The predicted octanol–water partition coefficient (Wildman–Crippen LogP) is 0.0589. The van der Waals surface area contributed by atoms with Crippen molar-refractivity contribution in [1.29, 1.82) is 0 Å². The van der Waals surface area contributed by atoms with Gasteiger partial charge in [0.05, 0.1) is 6.54 Å². The van der Waals surface area contributed by atoms with E-state index in [1.165, 1.54) is 0 Å². The second-order valence-corrected chi connectivity index (χ2v) is 4.84. The molecule has 0 unspecified atom stereocenters. The number of anilines is 1. The Morgan fingerprint density at radius 3 is 2.72 bits per heavy atom. The van der Waals surface area contributed by atoms with Crippen LogP contribution in [0.15, 0.2) is 18.2 Å². The van der Waals surface area contributed by atoms with Crippen molar-refractivity contribution in [3.63, 3.8) is 0 Å². The SMILES string of the molecule is CN1CCN(Cc2nnc3cccc(N)n23)CC1. The topological polar surface area (TPSA) is 62.7 Å². The lowest BCUT2D eigenvalue weighted by molar-refractivity contribution is 0.145. The molecule has 0 atom stereocenters. The number of pyridine rings is 1. The third kappa shape index (κ3) is 2.04. The van der Waals surface area contributed by atoms with Crippen molar-refractivity contribution >= 4 is 11.5 Å². The van der Waals surface area contributed by atoms with Gasteiger partial charge in [0.1, 0.15) is 5.82 Å². The predicted molar refractivity (Wildman–Crippen MR) is 70.2 cm³/mol. The van der Waals surface area contributed by atoms with Crippen LogP contribution in [0.5, 0.6) is 0 Å². The highest BCUT2D eigenvalue weighted by Gasteiger charge is 2.17. The minimum Gasteiger partial charge on any atom is -0.385 e. The number of likely N-dealkylation sites (N-methyl/N-ethyl adjacent to an activating group) is 1. The number of fused-ring (bicyclic) bond motifs is 1. The Morgan fingerprint density at radius 2 is 1.94 bits per heavy atom. The van der Waals surface area contributed by atoms with Gasteiger partial charge in [0.25, 0.3) is 0 Å². The minimum atomic E-state index is 0.696. The molecule has 96 valence electrons. The van der Waals surface area contributed by atoms with Gasteiger partial charge in [-0.25, -0.2) is 0 Å². The summed E-state index contributed by atoms with van der Waals surface area (Å²) < 4.78 is 1.93. The number of rotatable bonds is 2. The molecule has 0 saturated carbocycles. The maximum Gasteiger partial charge on any atom is 0.162 e. The molecule has 6 heteroatoms. The van der Waals surface area contributed by atoms with Gasteiger partial charge < -0.3 is 10.6 Å². The molecule has 0 aliphatic carbocycles. The Labute approximate surface area is 106 Å².